The average molecular weight is 272 g/mol. The third-order valence-corrected chi connectivity index (χ3v) is 3.80. The largest absolute Gasteiger partial charge is 0.302 e. The molecule has 0 aromatic carbocycles. The zero-order valence-corrected chi connectivity index (χ0v) is 13.0. The van der Waals surface area contributed by atoms with Crippen LogP contribution in [0.2, 0.25) is 0 Å². The molecule has 20 heavy (non-hydrogen) atoms. The van der Waals surface area contributed by atoms with Gasteiger partial charge >= 0.3 is 0 Å². The van der Waals surface area contributed by atoms with Gasteiger partial charge in [-0.25, -0.2) is 0 Å². The van der Waals surface area contributed by atoms with Crippen LogP contribution in [0.5, 0.6) is 0 Å². The molecular formula is C16H24N4. The molecule has 0 bridgehead atoms. The number of rotatable bonds is 5. The molecule has 2 heterocycles. The molecule has 0 saturated carbocycles. The van der Waals surface area contributed by atoms with Crippen LogP contribution < -0.4 is 5.32 Å². The van der Waals surface area contributed by atoms with E-state index in [1.54, 1.807) is 0 Å². The zero-order chi connectivity index (χ0) is 14.7. The van der Waals surface area contributed by atoms with E-state index in [4.69, 9.17) is 0 Å². The molecule has 0 aliphatic carbocycles. The summed E-state index contributed by atoms with van der Waals surface area (Å²) in [7, 11) is 0. The van der Waals surface area contributed by atoms with Gasteiger partial charge < -0.3 is 5.32 Å². The van der Waals surface area contributed by atoms with Crippen molar-refractivity contribution >= 4 is 0 Å². The standard InChI is InChI=1S/C16H24N4/c1-6-20-14(5)16(13(4)19-20)12(3)18-11(2)15-9-7-8-10-17-15/h7-12,18H,6H2,1-5H3. The lowest BCUT2D eigenvalue weighted by Gasteiger charge is -2.20. The van der Waals surface area contributed by atoms with Crippen molar-refractivity contribution in [3.63, 3.8) is 0 Å². The van der Waals surface area contributed by atoms with Crippen LogP contribution in [0.15, 0.2) is 24.4 Å². The number of pyridine rings is 1. The SMILES string of the molecule is CCn1nc(C)c(C(C)NC(C)c2ccccn2)c1C. The minimum Gasteiger partial charge on any atom is -0.302 e. The zero-order valence-electron chi connectivity index (χ0n) is 13.0. The second-order valence-electron chi connectivity index (χ2n) is 5.26. The van der Waals surface area contributed by atoms with Crippen LogP contribution in [0.4, 0.5) is 0 Å². The van der Waals surface area contributed by atoms with Gasteiger partial charge in [0.25, 0.3) is 0 Å². The molecule has 2 rings (SSSR count). The summed E-state index contributed by atoms with van der Waals surface area (Å²) >= 11 is 0. The Hall–Kier alpha value is -1.68. The number of nitrogens with zero attached hydrogens (tertiary/aromatic N) is 3. The smallest absolute Gasteiger partial charge is 0.0644 e. The minimum atomic E-state index is 0.218. The molecule has 0 radical (unpaired) electrons. The molecule has 0 saturated heterocycles. The van der Waals surface area contributed by atoms with Crippen molar-refractivity contribution in [2.75, 3.05) is 0 Å². The number of aromatic nitrogens is 3. The molecule has 4 nitrogen and oxygen atoms in total. The number of nitrogens with one attached hydrogen (secondary N) is 1. The van der Waals surface area contributed by atoms with E-state index in [1.165, 1.54) is 11.3 Å². The molecule has 0 spiro atoms. The summed E-state index contributed by atoms with van der Waals surface area (Å²) < 4.78 is 2.06. The van der Waals surface area contributed by atoms with Crippen molar-refractivity contribution in [3.05, 3.63) is 47.0 Å². The van der Waals surface area contributed by atoms with Crippen LogP contribution in [-0.4, -0.2) is 14.8 Å². The minimum absolute atomic E-state index is 0.218. The lowest BCUT2D eigenvalue weighted by Crippen LogP contribution is -2.24. The van der Waals surface area contributed by atoms with Gasteiger partial charge in [-0.15, -0.1) is 0 Å². The lowest BCUT2D eigenvalue weighted by atomic mass is 10.0. The van der Waals surface area contributed by atoms with E-state index in [-0.39, 0.29) is 12.1 Å². The van der Waals surface area contributed by atoms with E-state index in [2.05, 4.69) is 60.8 Å². The summed E-state index contributed by atoms with van der Waals surface area (Å²) in [6.07, 6.45) is 1.84. The quantitative estimate of drug-likeness (QED) is 0.908. The first-order valence-electron chi connectivity index (χ1n) is 7.25. The first-order valence-corrected chi connectivity index (χ1v) is 7.25. The average Bonchev–Trinajstić information content (AvgIpc) is 2.74. The monoisotopic (exact) mass is 272 g/mol. The van der Waals surface area contributed by atoms with E-state index in [9.17, 15) is 0 Å². The van der Waals surface area contributed by atoms with Crippen molar-refractivity contribution in [1.29, 1.82) is 0 Å². The Bertz CT molecular complexity index is 559. The van der Waals surface area contributed by atoms with Crippen LogP contribution in [0.3, 0.4) is 0 Å². The van der Waals surface area contributed by atoms with E-state index in [1.807, 2.05) is 18.3 Å². The lowest BCUT2D eigenvalue weighted by molar-refractivity contribution is 0.482. The van der Waals surface area contributed by atoms with Crippen LogP contribution >= 0.6 is 0 Å². The van der Waals surface area contributed by atoms with E-state index in [0.717, 1.165) is 17.9 Å². The van der Waals surface area contributed by atoms with Crippen molar-refractivity contribution in [2.45, 2.75) is 53.2 Å². The van der Waals surface area contributed by atoms with E-state index >= 15 is 0 Å². The third-order valence-electron chi connectivity index (χ3n) is 3.80. The molecule has 0 amide bonds. The number of aryl methyl sites for hydroxylation is 2. The Morgan fingerprint density at radius 3 is 2.50 bits per heavy atom. The first-order chi connectivity index (χ1) is 9.54. The summed E-state index contributed by atoms with van der Waals surface area (Å²) in [5.74, 6) is 0. The number of hydrogen-bond acceptors (Lipinski definition) is 3. The van der Waals surface area contributed by atoms with Gasteiger partial charge in [0.2, 0.25) is 0 Å². The summed E-state index contributed by atoms with van der Waals surface area (Å²) in [6.45, 7) is 11.6. The molecule has 2 unspecified atom stereocenters. The Morgan fingerprint density at radius 2 is 1.95 bits per heavy atom. The Labute approximate surface area is 121 Å². The maximum atomic E-state index is 4.59. The Morgan fingerprint density at radius 1 is 1.20 bits per heavy atom. The van der Waals surface area contributed by atoms with Gasteiger partial charge in [0, 0.05) is 36.1 Å². The van der Waals surface area contributed by atoms with Crippen LogP contribution in [0, 0.1) is 13.8 Å². The second kappa shape index (κ2) is 6.18. The van der Waals surface area contributed by atoms with Gasteiger partial charge in [0.15, 0.2) is 0 Å². The van der Waals surface area contributed by atoms with E-state index in [0.29, 0.717) is 0 Å². The van der Waals surface area contributed by atoms with Gasteiger partial charge in [-0.2, -0.15) is 5.10 Å². The van der Waals surface area contributed by atoms with E-state index < -0.39 is 0 Å². The molecule has 0 fully saturated rings. The summed E-state index contributed by atoms with van der Waals surface area (Å²) in [5, 5.41) is 8.21. The van der Waals surface area contributed by atoms with Gasteiger partial charge in [-0.3, -0.25) is 9.67 Å². The topological polar surface area (TPSA) is 42.7 Å². The van der Waals surface area contributed by atoms with Crippen molar-refractivity contribution in [1.82, 2.24) is 20.1 Å². The molecule has 0 aliphatic heterocycles. The fraction of sp³-hybridized carbons (Fsp3) is 0.500. The van der Waals surface area contributed by atoms with Gasteiger partial charge in [-0.05, 0) is 46.8 Å². The van der Waals surface area contributed by atoms with Gasteiger partial charge in [0.1, 0.15) is 0 Å². The highest BCUT2D eigenvalue weighted by Crippen LogP contribution is 2.24. The predicted molar refractivity (Wildman–Crippen MR) is 81.6 cm³/mol. The summed E-state index contributed by atoms with van der Waals surface area (Å²) in [5.41, 5.74) is 4.72. The van der Waals surface area contributed by atoms with Crippen molar-refractivity contribution in [2.24, 2.45) is 0 Å². The summed E-state index contributed by atoms with van der Waals surface area (Å²) in [6, 6.07) is 6.50. The highest BCUT2D eigenvalue weighted by atomic mass is 15.3. The normalized spacial score (nSPS) is 14.2. The maximum Gasteiger partial charge on any atom is 0.0644 e. The molecule has 1 N–H and O–H groups in total. The molecule has 2 aromatic rings. The summed E-state index contributed by atoms with van der Waals surface area (Å²) in [4.78, 5) is 4.41. The van der Waals surface area contributed by atoms with Crippen LogP contribution in [0.25, 0.3) is 0 Å². The van der Waals surface area contributed by atoms with Crippen LogP contribution in [-0.2, 0) is 6.54 Å². The first kappa shape index (κ1) is 14.7. The molecule has 2 atom stereocenters. The maximum absolute atomic E-state index is 4.59. The van der Waals surface area contributed by atoms with Gasteiger partial charge in [0.05, 0.1) is 11.4 Å². The molecular weight excluding hydrogens is 248 g/mol. The molecule has 108 valence electrons. The second-order valence-corrected chi connectivity index (χ2v) is 5.26. The van der Waals surface area contributed by atoms with Gasteiger partial charge in [-0.1, -0.05) is 6.07 Å². The fourth-order valence-corrected chi connectivity index (χ4v) is 2.82. The Kier molecular flexibility index (Phi) is 4.55. The Balaban J connectivity index is 2.16. The molecule has 0 aliphatic rings. The highest BCUT2D eigenvalue weighted by molar-refractivity contribution is 5.28. The molecule has 4 heteroatoms. The number of hydrogen-bond donors (Lipinski definition) is 1. The fourth-order valence-electron chi connectivity index (χ4n) is 2.82. The predicted octanol–water partition coefficient (Wildman–Crippen LogP) is 3.33. The van der Waals surface area contributed by atoms with Crippen LogP contribution in [0.1, 0.15) is 55.5 Å². The van der Waals surface area contributed by atoms with Crippen molar-refractivity contribution < 1.29 is 0 Å². The van der Waals surface area contributed by atoms with Crippen molar-refractivity contribution in [3.8, 4) is 0 Å². The molecule has 2 aromatic heterocycles. The highest BCUT2D eigenvalue weighted by Gasteiger charge is 2.19. The third kappa shape index (κ3) is 2.90.